The second kappa shape index (κ2) is 7.62. The maximum absolute atomic E-state index is 12.3. The van der Waals surface area contributed by atoms with Crippen LogP contribution in [0.1, 0.15) is 21.7 Å². The lowest BCUT2D eigenvalue weighted by Crippen LogP contribution is -2.19. The second-order valence-corrected chi connectivity index (χ2v) is 6.48. The van der Waals surface area contributed by atoms with Gasteiger partial charge in [-0.25, -0.2) is 15.1 Å². The molecule has 0 spiro atoms. The first-order chi connectivity index (χ1) is 13.6. The summed E-state index contributed by atoms with van der Waals surface area (Å²) in [6.07, 6.45) is 1.49. The molecular weight excluding hydrogens is 374 g/mol. The third-order valence-electron chi connectivity index (χ3n) is 4.24. The average Bonchev–Trinajstić information content (AvgIpc) is 3.02. The lowest BCUT2D eigenvalue weighted by molar-refractivity contribution is 0.0950. The number of nitrogens with zero attached hydrogens (tertiary/aromatic N) is 4. The highest BCUT2D eigenvalue weighted by Crippen LogP contribution is 2.21. The number of carbonyl (C=O) groups is 1. The maximum Gasteiger partial charge on any atom is 0.289 e. The van der Waals surface area contributed by atoms with E-state index < -0.39 is 5.91 Å². The van der Waals surface area contributed by atoms with Gasteiger partial charge >= 0.3 is 0 Å². The molecule has 0 fully saturated rings. The predicted octanol–water partition coefficient (Wildman–Crippen LogP) is 4.15. The monoisotopic (exact) mass is 389 g/mol. The van der Waals surface area contributed by atoms with Crippen LogP contribution in [-0.2, 0) is 0 Å². The van der Waals surface area contributed by atoms with E-state index in [0.29, 0.717) is 22.1 Å². The molecule has 0 atom stereocenters. The van der Waals surface area contributed by atoms with Crippen LogP contribution in [0.25, 0.3) is 16.6 Å². The van der Waals surface area contributed by atoms with E-state index in [0.717, 1.165) is 16.6 Å². The smallest absolute Gasteiger partial charge is 0.266 e. The van der Waals surface area contributed by atoms with Crippen LogP contribution in [0.15, 0.2) is 71.8 Å². The number of para-hydroxylation sites is 2. The fourth-order valence-electron chi connectivity index (χ4n) is 2.80. The molecule has 4 aromatic rings. The number of hydrogen-bond donors (Lipinski definition) is 1. The predicted molar refractivity (Wildman–Crippen MR) is 110 cm³/mol. The molecule has 0 saturated heterocycles. The quantitative estimate of drug-likeness (QED) is 0.421. The van der Waals surface area contributed by atoms with E-state index in [1.54, 1.807) is 10.7 Å². The Morgan fingerprint density at radius 2 is 1.82 bits per heavy atom. The lowest BCUT2D eigenvalue weighted by Gasteiger charge is -2.02. The number of rotatable bonds is 4. The van der Waals surface area contributed by atoms with Gasteiger partial charge in [-0.2, -0.15) is 10.2 Å². The Kier molecular flexibility index (Phi) is 4.87. The van der Waals surface area contributed by atoms with Crippen molar-refractivity contribution in [2.45, 2.75) is 6.92 Å². The van der Waals surface area contributed by atoms with Crippen molar-refractivity contribution in [2.24, 2.45) is 5.10 Å². The molecule has 28 heavy (non-hydrogen) atoms. The normalized spacial score (nSPS) is 11.2. The van der Waals surface area contributed by atoms with Gasteiger partial charge in [0.05, 0.1) is 28.7 Å². The number of halogens is 1. The third-order valence-corrected chi connectivity index (χ3v) is 4.60. The largest absolute Gasteiger partial charge is 0.289 e. The highest BCUT2D eigenvalue weighted by molar-refractivity contribution is 6.32. The van der Waals surface area contributed by atoms with Crippen molar-refractivity contribution < 1.29 is 4.79 Å². The van der Waals surface area contributed by atoms with Crippen LogP contribution >= 0.6 is 11.6 Å². The molecule has 0 aliphatic heterocycles. The van der Waals surface area contributed by atoms with Gasteiger partial charge in [0.15, 0.2) is 0 Å². The molecule has 1 amide bonds. The van der Waals surface area contributed by atoms with Gasteiger partial charge in [0, 0.05) is 5.39 Å². The van der Waals surface area contributed by atoms with Crippen LogP contribution < -0.4 is 5.43 Å². The summed E-state index contributed by atoms with van der Waals surface area (Å²) in [5, 5.41) is 9.86. The van der Waals surface area contributed by atoms with Crippen LogP contribution in [0.3, 0.4) is 0 Å². The number of benzene rings is 2. The first-order valence-corrected chi connectivity index (χ1v) is 9.01. The molecule has 138 valence electrons. The van der Waals surface area contributed by atoms with Gasteiger partial charge in [-0.15, -0.1) is 0 Å². The number of carbonyl (C=O) groups excluding carboxylic acids is 1. The van der Waals surface area contributed by atoms with E-state index in [2.05, 4.69) is 20.6 Å². The van der Waals surface area contributed by atoms with Gasteiger partial charge in [-0.1, -0.05) is 54.1 Å². The molecule has 0 bridgehead atoms. The Morgan fingerprint density at radius 3 is 2.64 bits per heavy atom. The number of amides is 1. The third kappa shape index (κ3) is 3.50. The summed E-state index contributed by atoms with van der Waals surface area (Å²) in [6.45, 7) is 1.83. The summed E-state index contributed by atoms with van der Waals surface area (Å²) in [5.74, 6) is -0.397. The van der Waals surface area contributed by atoms with E-state index >= 15 is 0 Å². The Morgan fingerprint density at radius 1 is 1.07 bits per heavy atom. The zero-order valence-electron chi connectivity index (χ0n) is 15.0. The van der Waals surface area contributed by atoms with Gasteiger partial charge in [0.2, 0.25) is 0 Å². The van der Waals surface area contributed by atoms with E-state index in [4.69, 9.17) is 11.6 Å². The molecule has 6 nitrogen and oxygen atoms in total. The van der Waals surface area contributed by atoms with Crippen LogP contribution in [-0.4, -0.2) is 26.9 Å². The summed E-state index contributed by atoms with van der Waals surface area (Å²) in [5.41, 5.74) is 5.72. The molecule has 7 heteroatoms. The highest BCUT2D eigenvalue weighted by atomic mass is 35.5. The average molecular weight is 390 g/mol. The molecule has 0 unspecified atom stereocenters. The number of nitrogens with one attached hydrogen (secondary N) is 1. The fourth-order valence-corrected chi connectivity index (χ4v) is 3.12. The number of fused-ring (bicyclic) bond motifs is 1. The summed E-state index contributed by atoms with van der Waals surface area (Å²) in [7, 11) is 0. The second-order valence-electron chi connectivity index (χ2n) is 6.13. The van der Waals surface area contributed by atoms with E-state index in [9.17, 15) is 4.79 Å². The molecule has 0 aliphatic rings. The Labute approximate surface area is 166 Å². The Hall–Kier alpha value is -3.51. The van der Waals surface area contributed by atoms with Gasteiger partial charge in [0.25, 0.3) is 5.91 Å². The first kappa shape index (κ1) is 17.9. The van der Waals surface area contributed by atoms with Crippen LogP contribution in [0.4, 0.5) is 0 Å². The van der Waals surface area contributed by atoms with Gasteiger partial charge in [-0.05, 0) is 31.2 Å². The minimum Gasteiger partial charge on any atom is -0.266 e. The van der Waals surface area contributed by atoms with Crippen LogP contribution in [0, 0.1) is 6.92 Å². The molecular formula is C21H16ClN5O. The SMILES string of the molecule is Cc1nn(-c2ccccc2)c(Cl)c1/C=N/NC(=O)c1ccc2ccccc2n1. The summed E-state index contributed by atoms with van der Waals surface area (Å²) in [6, 6.07) is 20.7. The van der Waals surface area contributed by atoms with Crippen molar-refractivity contribution in [1.29, 1.82) is 0 Å². The van der Waals surface area contributed by atoms with E-state index in [1.165, 1.54) is 6.21 Å². The highest BCUT2D eigenvalue weighted by Gasteiger charge is 2.13. The summed E-state index contributed by atoms with van der Waals surface area (Å²) >= 11 is 6.45. The zero-order chi connectivity index (χ0) is 19.5. The van der Waals surface area contributed by atoms with Gasteiger partial charge < -0.3 is 0 Å². The van der Waals surface area contributed by atoms with Crippen molar-refractivity contribution in [1.82, 2.24) is 20.2 Å². The molecule has 2 heterocycles. The Bertz CT molecular complexity index is 1180. The Balaban J connectivity index is 1.53. The van der Waals surface area contributed by atoms with Crippen LogP contribution in [0.5, 0.6) is 0 Å². The zero-order valence-corrected chi connectivity index (χ0v) is 15.8. The summed E-state index contributed by atoms with van der Waals surface area (Å²) in [4.78, 5) is 16.7. The molecule has 0 aliphatic carbocycles. The number of aromatic nitrogens is 3. The van der Waals surface area contributed by atoms with Crippen molar-refractivity contribution >= 4 is 34.6 Å². The lowest BCUT2D eigenvalue weighted by atomic mass is 10.2. The van der Waals surface area contributed by atoms with E-state index in [1.807, 2.05) is 67.6 Å². The van der Waals surface area contributed by atoms with Crippen molar-refractivity contribution in [3.63, 3.8) is 0 Å². The molecule has 2 aromatic heterocycles. The maximum atomic E-state index is 12.3. The molecule has 2 aromatic carbocycles. The molecule has 1 N–H and O–H groups in total. The first-order valence-electron chi connectivity index (χ1n) is 8.63. The number of aryl methyl sites for hydroxylation is 1. The molecule has 4 rings (SSSR count). The van der Waals surface area contributed by atoms with E-state index in [-0.39, 0.29) is 0 Å². The fraction of sp³-hybridized carbons (Fsp3) is 0.0476. The number of hydrazone groups is 1. The number of pyridine rings is 1. The number of hydrogen-bond acceptors (Lipinski definition) is 4. The topological polar surface area (TPSA) is 72.2 Å². The standard InChI is InChI=1S/C21H16ClN5O/c1-14-17(20(22)27(26-14)16-8-3-2-4-9-16)13-23-25-21(28)19-12-11-15-7-5-6-10-18(15)24-19/h2-13H,1H3,(H,25,28)/b23-13+. The molecule has 0 saturated carbocycles. The minimum atomic E-state index is -0.397. The van der Waals surface area contributed by atoms with Crippen LogP contribution in [0.2, 0.25) is 5.15 Å². The van der Waals surface area contributed by atoms with Gasteiger partial charge in [0.1, 0.15) is 10.8 Å². The summed E-state index contributed by atoms with van der Waals surface area (Å²) < 4.78 is 1.63. The minimum absolute atomic E-state index is 0.290. The van der Waals surface area contributed by atoms with Crippen molar-refractivity contribution in [2.75, 3.05) is 0 Å². The van der Waals surface area contributed by atoms with Crippen molar-refractivity contribution in [3.8, 4) is 5.69 Å². The van der Waals surface area contributed by atoms with Gasteiger partial charge in [-0.3, -0.25) is 4.79 Å². The van der Waals surface area contributed by atoms with Crippen molar-refractivity contribution in [3.05, 3.63) is 88.8 Å². The molecule has 0 radical (unpaired) electrons.